The topological polar surface area (TPSA) is 72.6 Å². The molecule has 4 rings (SSSR count). The second kappa shape index (κ2) is 4.44. The minimum absolute atomic E-state index is 0.194. The minimum atomic E-state index is -1.86. The van der Waals surface area contributed by atoms with E-state index in [4.69, 9.17) is 10.5 Å². The number of anilines is 2. The molecule has 3 aliphatic rings. The first kappa shape index (κ1) is 14.4. The molecule has 23 heavy (non-hydrogen) atoms. The van der Waals surface area contributed by atoms with Crippen LogP contribution in [0.2, 0.25) is 0 Å². The summed E-state index contributed by atoms with van der Waals surface area (Å²) in [5, 5.41) is 0. The lowest BCUT2D eigenvalue weighted by Gasteiger charge is -2.19. The summed E-state index contributed by atoms with van der Waals surface area (Å²) >= 11 is 0. The highest BCUT2D eigenvalue weighted by Crippen LogP contribution is 2.50. The van der Waals surface area contributed by atoms with Crippen LogP contribution in [0.5, 0.6) is 0 Å². The van der Waals surface area contributed by atoms with Gasteiger partial charge >= 0.3 is 0 Å². The van der Waals surface area contributed by atoms with Crippen molar-refractivity contribution in [1.82, 2.24) is 0 Å². The van der Waals surface area contributed by atoms with Crippen LogP contribution < -0.4 is 10.6 Å². The molecule has 0 saturated carbocycles. The highest BCUT2D eigenvalue weighted by atomic mass is 19.2. The number of benzene rings is 1. The molecule has 3 aliphatic heterocycles. The second-order valence-corrected chi connectivity index (χ2v) is 5.87. The Balaban J connectivity index is 1.87. The third kappa shape index (κ3) is 1.60. The van der Waals surface area contributed by atoms with Crippen molar-refractivity contribution < 1.29 is 31.9 Å². The average molecular weight is 330 g/mol. The molecular weight excluding hydrogens is 320 g/mol. The summed E-state index contributed by atoms with van der Waals surface area (Å²) in [6.07, 6.45) is 0.0736. The maximum atomic E-state index is 14.0. The lowest BCUT2D eigenvalue weighted by molar-refractivity contribution is -0.124. The van der Waals surface area contributed by atoms with E-state index >= 15 is 0 Å². The number of rotatable bonds is 1. The van der Waals surface area contributed by atoms with E-state index in [1.54, 1.807) is 0 Å². The summed E-state index contributed by atoms with van der Waals surface area (Å²) in [5.74, 6) is -11.0. The van der Waals surface area contributed by atoms with Crippen molar-refractivity contribution >= 4 is 23.2 Å². The maximum Gasteiger partial charge on any atom is 0.240 e. The first-order valence-corrected chi connectivity index (χ1v) is 6.99. The molecule has 2 N–H and O–H groups in total. The Bertz CT molecular complexity index is 712. The van der Waals surface area contributed by atoms with Gasteiger partial charge < -0.3 is 10.5 Å². The van der Waals surface area contributed by atoms with E-state index in [1.807, 2.05) is 0 Å². The third-order valence-electron chi connectivity index (χ3n) is 4.78. The van der Waals surface area contributed by atoms with Gasteiger partial charge in [-0.05, 0) is 12.8 Å². The Kier molecular flexibility index (Phi) is 2.78. The quantitative estimate of drug-likeness (QED) is 0.366. The van der Waals surface area contributed by atoms with Crippen molar-refractivity contribution in [2.45, 2.75) is 25.0 Å². The first-order valence-electron chi connectivity index (χ1n) is 6.99. The molecule has 1 aromatic carbocycles. The SMILES string of the molecule is Nc1c(F)c(F)c(N2C(=O)C3C4CCC(O4)C3C2=O)c(F)c1F. The van der Waals surface area contributed by atoms with Crippen LogP contribution >= 0.6 is 0 Å². The second-order valence-electron chi connectivity index (χ2n) is 5.87. The number of hydrogen-bond acceptors (Lipinski definition) is 4. The fraction of sp³-hybridized carbons (Fsp3) is 0.429. The van der Waals surface area contributed by atoms with Crippen LogP contribution in [0.1, 0.15) is 12.8 Å². The van der Waals surface area contributed by atoms with Gasteiger partial charge in [-0.25, -0.2) is 22.5 Å². The maximum absolute atomic E-state index is 14.0. The number of nitrogens with zero attached hydrogens (tertiary/aromatic N) is 1. The Hall–Kier alpha value is -2.16. The Morgan fingerprint density at radius 1 is 0.870 bits per heavy atom. The molecule has 4 atom stereocenters. The highest BCUT2D eigenvalue weighted by molar-refractivity contribution is 6.23. The molecule has 5 nitrogen and oxygen atoms in total. The molecule has 3 heterocycles. The van der Waals surface area contributed by atoms with E-state index in [1.165, 1.54) is 0 Å². The number of hydrogen-bond donors (Lipinski definition) is 1. The zero-order valence-electron chi connectivity index (χ0n) is 11.5. The highest BCUT2D eigenvalue weighted by Gasteiger charge is 2.63. The van der Waals surface area contributed by atoms with E-state index in [9.17, 15) is 27.2 Å². The van der Waals surface area contributed by atoms with Crippen LogP contribution in [0, 0.1) is 35.1 Å². The molecule has 2 amide bonds. The summed E-state index contributed by atoms with van der Waals surface area (Å²) in [6, 6.07) is 0. The zero-order chi connectivity index (χ0) is 16.6. The number of imide groups is 1. The van der Waals surface area contributed by atoms with Gasteiger partial charge in [0, 0.05) is 0 Å². The fourth-order valence-corrected chi connectivity index (χ4v) is 3.77. The van der Waals surface area contributed by atoms with Gasteiger partial charge in [0.1, 0.15) is 11.4 Å². The van der Waals surface area contributed by atoms with E-state index < -0.39 is 70.5 Å². The van der Waals surface area contributed by atoms with Crippen LogP contribution in [0.3, 0.4) is 0 Å². The molecular formula is C14H10F4N2O3. The van der Waals surface area contributed by atoms with Crippen LogP contribution in [0.25, 0.3) is 0 Å². The lowest BCUT2D eigenvalue weighted by atomic mass is 9.81. The van der Waals surface area contributed by atoms with Crippen molar-refractivity contribution in [3.8, 4) is 0 Å². The fourth-order valence-electron chi connectivity index (χ4n) is 3.77. The summed E-state index contributed by atoms with van der Waals surface area (Å²) in [5.41, 5.74) is 2.24. The normalized spacial score (nSPS) is 32.1. The smallest absolute Gasteiger partial charge is 0.240 e. The summed E-state index contributed by atoms with van der Waals surface area (Å²) in [6.45, 7) is 0. The number of nitrogen functional groups attached to an aromatic ring is 1. The average Bonchev–Trinajstić information content (AvgIpc) is 3.20. The van der Waals surface area contributed by atoms with Crippen molar-refractivity contribution in [3.05, 3.63) is 23.3 Å². The van der Waals surface area contributed by atoms with Gasteiger partial charge in [-0.2, -0.15) is 0 Å². The predicted octanol–water partition coefficient (Wildman–Crippen LogP) is 1.49. The van der Waals surface area contributed by atoms with Crippen molar-refractivity contribution in [2.24, 2.45) is 11.8 Å². The van der Waals surface area contributed by atoms with Gasteiger partial charge in [0.05, 0.1) is 24.0 Å². The molecule has 1 aromatic rings. The third-order valence-corrected chi connectivity index (χ3v) is 4.78. The molecule has 0 aliphatic carbocycles. The number of amides is 2. The van der Waals surface area contributed by atoms with Crippen molar-refractivity contribution in [2.75, 3.05) is 10.6 Å². The van der Waals surface area contributed by atoms with E-state index in [2.05, 4.69) is 0 Å². The monoisotopic (exact) mass is 330 g/mol. The van der Waals surface area contributed by atoms with Gasteiger partial charge in [0.15, 0.2) is 23.3 Å². The minimum Gasteiger partial charge on any atom is -0.394 e. The Morgan fingerprint density at radius 2 is 1.30 bits per heavy atom. The lowest BCUT2D eigenvalue weighted by Crippen LogP contribution is -2.36. The molecule has 122 valence electrons. The number of carbonyl (C=O) groups excluding carboxylic acids is 2. The standard InChI is InChI=1S/C14H10F4N2O3/c15-7-9(17)12(10(18)8(16)11(7)19)20-13(21)5-3-1-2-4(23-3)6(5)14(20)22/h3-6H,1-2,19H2. The van der Waals surface area contributed by atoms with Crippen molar-refractivity contribution in [1.29, 1.82) is 0 Å². The molecule has 9 heteroatoms. The van der Waals surface area contributed by atoms with Crippen LogP contribution in [-0.2, 0) is 14.3 Å². The number of carbonyl (C=O) groups is 2. The molecule has 0 aromatic heterocycles. The van der Waals surface area contributed by atoms with E-state index in [0.29, 0.717) is 12.8 Å². The number of halogens is 4. The van der Waals surface area contributed by atoms with Crippen LogP contribution in [0.4, 0.5) is 28.9 Å². The Labute approximate surface area is 127 Å². The summed E-state index contributed by atoms with van der Waals surface area (Å²) in [4.78, 5) is 25.0. The Morgan fingerprint density at radius 3 is 1.74 bits per heavy atom. The van der Waals surface area contributed by atoms with Gasteiger partial charge in [0.2, 0.25) is 11.8 Å². The molecule has 4 unspecified atom stereocenters. The molecule has 2 bridgehead atoms. The molecule has 0 radical (unpaired) electrons. The van der Waals surface area contributed by atoms with Crippen molar-refractivity contribution in [3.63, 3.8) is 0 Å². The largest absolute Gasteiger partial charge is 0.394 e. The van der Waals surface area contributed by atoms with Gasteiger partial charge in [-0.1, -0.05) is 0 Å². The molecule has 3 saturated heterocycles. The van der Waals surface area contributed by atoms with Gasteiger partial charge in [-0.15, -0.1) is 0 Å². The molecule has 0 spiro atoms. The van der Waals surface area contributed by atoms with Crippen LogP contribution in [-0.4, -0.2) is 24.0 Å². The first-order chi connectivity index (χ1) is 10.8. The van der Waals surface area contributed by atoms with Gasteiger partial charge in [-0.3, -0.25) is 9.59 Å². The molecule has 3 fully saturated rings. The predicted molar refractivity (Wildman–Crippen MR) is 68.1 cm³/mol. The summed E-state index contributed by atoms with van der Waals surface area (Å²) < 4.78 is 60.8. The van der Waals surface area contributed by atoms with Crippen LogP contribution in [0.15, 0.2) is 0 Å². The summed E-state index contributed by atoms with van der Waals surface area (Å²) in [7, 11) is 0. The number of ether oxygens (including phenoxy) is 1. The van der Waals surface area contributed by atoms with E-state index in [-0.39, 0.29) is 4.90 Å². The van der Waals surface area contributed by atoms with E-state index in [0.717, 1.165) is 0 Å². The number of fused-ring (bicyclic) bond motifs is 5. The number of nitrogens with two attached hydrogens (primary N) is 1. The zero-order valence-corrected chi connectivity index (χ0v) is 11.5. The van der Waals surface area contributed by atoms with Gasteiger partial charge in [0.25, 0.3) is 0 Å².